The van der Waals surface area contributed by atoms with Gasteiger partial charge in [-0.25, -0.2) is 0 Å². The van der Waals surface area contributed by atoms with E-state index >= 15 is 0 Å². The predicted molar refractivity (Wildman–Crippen MR) is 58.0 cm³/mol. The Kier molecular flexibility index (Phi) is 4.80. The monoisotopic (exact) mass is 282 g/mol. The fraction of sp³-hybridized carbons (Fsp3) is 0.0769. The van der Waals surface area contributed by atoms with Crippen molar-refractivity contribution in [2.24, 2.45) is 0 Å². The van der Waals surface area contributed by atoms with Crippen molar-refractivity contribution in [3.8, 4) is 17.3 Å². The molecule has 0 saturated heterocycles. The third-order valence-electron chi connectivity index (χ3n) is 2.14. The van der Waals surface area contributed by atoms with Gasteiger partial charge in [0.25, 0.3) is 0 Å². The Morgan fingerprint density at radius 1 is 1.25 bits per heavy atom. The first kappa shape index (κ1) is 13.0. The standard InChI is InChI=1S/C13H9N2.Y/c1-10-2-7-13(15-9-10)12-5-3-11(8-14)4-6-12;/h2-3,5-7,9H,1H3;/q-1;. The van der Waals surface area contributed by atoms with Crippen LogP contribution in [0, 0.1) is 24.3 Å². The van der Waals surface area contributed by atoms with Crippen molar-refractivity contribution < 1.29 is 32.7 Å². The second-order valence-corrected chi connectivity index (χ2v) is 3.32. The van der Waals surface area contributed by atoms with Crippen molar-refractivity contribution in [1.82, 2.24) is 4.98 Å². The molecule has 2 aromatic rings. The number of nitriles is 1. The summed E-state index contributed by atoms with van der Waals surface area (Å²) in [4.78, 5) is 4.30. The Balaban J connectivity index is 0.00000128. The third-order valence-corrected chi connectivity index (χ3v) is 2.14. The fourth-order valence-electron chi connectivity index (χ4n) is 1.29. The van der Waals surface area contributed by atoms with Crippen molar-refractivity contribution in [2.45, 2.75) is 6.92 Å². The van der Waals surface area contributed by atoms with Gasteiger partial charge in [-0.3, -0.25) is 10.2 Å². The molecule has 3 heteroatoms. The van der Waals surface area contributed by atoms with Crippen LogP contribution >= 0.6 is 0 Å². The van der Waals surface area contributed by atoms with Crippen LogP contribution in [0.5, 0.6) is 0 Å². The summed E-state index contributed by atoms with van der Waals surface area (Å²) in [5, 5.41) is 8.64. The summed E-state index contributed by atoms with van der Waals surface area (Å²) in [5.41, 5.74) is 3.57. The molecule has 0 atom stereocenters. The number of hydrogen-bond donors (Lipinski definition) is 0. The summed E-state index contributed by atoms with van der Waals surface area (Å²) in [6, 6.07) is 14.3. The number of aromatic nitrogens is 1. The Labute approximate surface area is 120 Å². The minimum absolute atomic E-state index is 0. The van der Waals surface area contributed by atoms with Crippen molar-refractivity contribution in [3.63, 3.8) is 0 Å². The van der Waals surface area contributed by atoms with Crippen LogP contribution in [-0.2, 0) is 32.7 Å². The van der Waals surface area contributed by atoms with Crippen LogP contribution in [0.25, 0.3) is 11.3 Å². The normalized spacial score (nSPS) is 9.00. The molecule has 0 aliphatic carbocycles. The van der Waals surface area contributed by atoms with Gasteiger partial charge in [-0.1, -0.05) is 17.2 Å². The molecule has 75 valence electrons. The van der Waals surface area contributed by atoms with E-state index in [0.717, 1.165) is 16.8 Å². The Morgan fingerprint density at radius 3 is 2.56 bits per heavy atom. The van der Waals surface area contributed by atoms with Gasteiger partial charge in [0.15, 0.2) is 0 Å². The van der Waals surface area contributed by atoms with Crippen molar-refractivity contribution in [1.29, 1.82) is 5.26 Å². The predicted octanol–water partition coefficient (Wildman–Crippen LogP) is 2.73. The van der Waals surface area contributed by atoms with E-state index in [2.05, 4.69) is 11.1 Å². The van der Waals surface area contributed by atoms with Crippen LogP contribution in [0.1, 0.15) is 11.1 Å². The zero-order valence-electron chi connectivity index (χ0n) is 8.94. The molecule has 0 saturated carbocycles. The zero-order valence-corrected chi connectivity index (χ0v) is 11.8. The molecule has 0 N–H and O–H groups in total. The first-order chi connectivity index (χ1) is 7.29. The van der Waals surface area contributed by atoms with Gasteiger partial charge in [0.1, 0.15) is 0 Å². The summed E-state index contributed by atoms with van der Waals surface area (Å²) in [7, 11) is 0. The van der Waals surface area contributed by atoms with Gasteiger partial charge < -0.3 is 0 Å². The van der Waals surface area contributed by atoms with Gasteiger partial charge in [-0.2, -0.15) is 0 Å². The molecule has 0 spiro atoms. The molecule has 16 heavy (non-hydrogen) atoms. The van der Waals surface area contributed by atoms with E-state index in [1.807, 2.05) is 37.4 Å². The first-order valence-corrected chi connectivity index (χ1v) is 4.64. The minimum Gasteiger partial charge on any atom is -0.266 e. The largest absolute Gasteiger partial charge is 0.266 e. The molecule has 2 nitrogen and oxygen atoms in total. The average molecular weight is 282 g/mol. The molecule has 1 radical (unpaired) electrons. The minimum atomic E-state index is 0. The zero-order chi connectivity index (χ0) is 10.7. The van der Waals surface area contributed by atoms with Gasteiger partial charge in [-0.15, -0.1) is 24.3 Å². The van der Waals surface area contributed by atoms with Crippen LogP contribution in [-0.4, -0.2) is 4.98 Å². The van der Waals surface area contributed by atoms with Gasteiger partial charge in [0, 0.05) is 44.6 Å². The SMILES string of the molecule is Cc1ccc(-c2c[c-]c(C#N)cc2)nc1.[Y]. The molecule has 0 aliphatic rings. The summed E-state index contributed by atoms with van der Waals surface area (Å²) >= 11 is 0. The second-order valence-electron chi connectivity index (χ2n) is 3.32. The maximum Gasteiger partial charge on any atom is 0.0294 e. The van der Waals surface area contributed by atoms with Crippen molar-refractivity contribution in [3.05, 3.63) is 53.7 Å². The molecule has 0 amide bonds. The number of benzene rings is 1. The molecular formula is C13H9N2Y-. The summed E-state index contributed by atoms with van der Waals surface area (Å²) in [6.07, 6.45) is 1.83. The van der Waals surface area contributed by atoms with E-state index in [9.17, 15) is 0 Å². The number of hydrogen-bond acceptors (Lipinski definition) is 2. The smallest absolute Gasteiger partial charge is 0.0294 e. The average Bonchev–Trinajstić information content (AvgIpc) is 2.30. The fourth-order valence-corrected chi connectivity index (χ4v) is 1.29. The van der Waals surface area contributed by atoms with Gasteiger partial charge in [0.2, 0.25) is 0 Å². The van der Waals surface area contributed by atoms with Crippen molar-refractivity contribution >= 4 is 0 Å². The molecule has 0 bridgehead atoms. The van der Waals surface area contributed by atoms with Crippen LogP contribution < -0.4 is 0 Å². The van der Waals surface area contributed by atoms with E-state index in [1.54, 1.807) is 12.1 Å². The van der Waals surface area contributed by atoms with E-state index < -0.39 is 0 Å². The Hall–Kier alpha value is -1.04. The summed E-state index contributed by atoms with van der Waals surface area (Å²) < 4.78 is 0. The number of rotatable bonds is 1. The maximum absolute atomic E-state index is 8.64. The molecule has 1 aromatic heterocycles. The Morgan fingerprint density at radius 2 is 2.06 bits per heavy atom. The summed E-state index contributed by atoms with van der Waals surface area (Å²) in [6.45, 7) is 2.00. The maximum atomic E-state index is 8.64. The third kappa shape index (κ3) is 2.98. The van der Waals surface area contributed by atoms with Crippen LogP contribution in [0.4, 0.5) is 0 Å². The molecule has 0 unspecified atom stereocenters. The van der Waals surface area contributed by atoms with Gasteiger partial charge in [-0.05, 0) is 24.6 Å². The van der Waals surface area contributed by atoms with E-state index in [-0.39, 0.29) is 32.7 Å². The van der Waals surface area contributed by atoms with Crippen molar-refractivity contribution in [2.75, 3.05) is 0 Å². The molecule has 1 aromatic carbocycles. The topological polar surface area (TPSA) is 36.7 Å². The quantitative estimate of drug-likeness (QED) is 0.754. The number of nitrogens with zero attached hydrogens (tertiary/aromatic N) is 2. The molecular weight excluding hydrogens is 273 g/mol. The van der Waals surface area contributed by atoms with E-state index in [4.69, 9.17) is 5.26 Å². The summed E-state index contributed by atoms with van der Waals surface area (Å²) in [5.74, 6) is 0. The van der Waals surface area contributed by atoms with Crippen LogP contribution in [0.15, 0.2) is 36.5 Å². The van der Waals surface area contributed by atoms with Crippen LogP contribution in [0.3, 0.4) is 0 Å². The molecule has 2 rings (SSSR count). The van der Waals surface area contributed by atoms with Gasteiger partial charge >= 0.3 is 0 Å². The second kappa shape index (κ2) is 5.89. The van der Waals surface area contributed by atoms with E-state index in [1.165, 1.54) is 0 Å². The van der Waals surface area contributed by atoms with Crippen LogP contribution in [0.2, 0.25) is 0 Å². The number of aryl methyl sites for hydroxylation is 1. The molecule has 0 aliphatic heterocycles. The molecule has 1 heterocycles. The first-order valence-electron chi connectivity index (χ1n) is 4.64. The Bertz CT molecular complexity index is 495. The van der Waals surface area contributed by atoms with Gasteiger partial charge in [0.05, 0.1) is 0 Å². The number of pyridine rings is 1. The van der Waals surface area contributed by atoms with E-state index in [0.29, 0.717) is 5.56 Å². The molecule has 0 fully saturated rings.